The van der Waals surface area contributed by atoms with E-state index < -0.39 is 10.0 Å². The van der Waals surface area contributed by atoms with Crippen LogP contribution in [0.4, 0.5) is 0 Å². The van der Waals surface area contributed by atoms with E-state index in [0.717, 1.165) is 17.7 Å². The van der Waals surface area contributed by atoms with Crippen molar-refractivity contribution in [2.75, 3.05) is 6.54 Å². The second kappa shape index (κ2) is 6.53. The Morgan fingerprint density at radius 2 is 2.15 bits per heavy atom. The van der Waals surface area contributed by atoms with Gasteiger partial charge in [-0.3, -0.25) is 5.10 Å². The minimum absolute atomic E-state index is 0.116. The zero-order chi connectivity index (χ0) is 18.3. The Balaban J connectivity index is 1.75. The topological polar surface area (TPSA) is 92.1 Å². The summed E-state index contributed by atoms with van der Waals surface area (Å²) in [6, 6.07) is 7.93. The number of halogens is 1. The lowest BCUT2D eigenvalue weighted by Crippen LogP contribution is -2.31. The van der Waals surface area contributed by atoms with Crippen LogP contribution in [0.5, 0.6) is 0 Å². The van der Waals surface area contributed by atoms with Crippen LogP contribution < -0.4 is 0 Å². The number of nitrogens with zero attached hydrogens (tertiary/aromatic N) is 3. The van der Waals surface area contributed by atoms with Crippen molar-refractivity contribution in [3.63, 3.8) is 0 Å². The molecule has 7 nitrogen and oxygen atoms in total. The number of rotatable bonds is 4. The van der Waals surface area contributed by atoms with Crippen molar-refractivity contribution in [3.8, 4) is 11.3 Å². The standard InChI is InChI=1S/C17H17ClN4O3S/c1-11-9-15(25-21-11)12-10-19-20-17(12)14-6-4-8-22(14)26(23,24)16-7-3-2-5-13(16)18/h2-3,5,7,9-10,14H,4,6,8H2,1H3,(H,19,20). The fraction of sp³-hybridized carbons (Fsp3) is 0.294. The number of H-pyrrole nitrogens is 1. The van der Waals surface area contributed by atoms with E-state index in [9.17, 15) is 8.42 Å². The van der Waals surface area contributed by atoms with Crippen LogP contribution in [0, 0.1) is 6.92 Å². The molecule has 2 aromatic heterocycles. The molecule has 3 heterocycles. The van der Waals surface area contributed by atoms with Gasteiger partial charge >= 0.3 is 0 Å². The Bertz CT molecular complexity index is 1040. The molecule has 0 spiro atoms. The molecule has 1 fully saturated rings. The lowest BCUT2D eigenvalue weighted by atomic mass is 10.1. The average molecular weight is 393 g/mol. The Hall–Kier alpha value is -2.16. The molecule has 0 amide bonds. The smallest absolute Gasteiger partial charge is 0.245 e. The van der Waals surface area contributed by atoms with Gasteiger partial charge in [-0.1, -0.05) is 28.9 Å². The van der Waals surface area contributed by atoms with E-state index in [1.54, 1.807) is 30.5 Å². The van der Waals surface area contributed by atoms with Crippen molar-refractivity contribution in [2.24, 2.45) is 0 Å². The summed E-state index contributed by atoms with van der Waals surface area (Å²) in [5.74, 6) is 0.563. The molecule has 3 aromatic rings. The van der Waals surface area contributed by atoms with Crippen molar-refractivity contribution >= 4 is 21.6 Å². The predicted molar refractivity (Wildman–Crippen MR) is 96.1 cm³/mol. The van der Waals surface area contributed by atoms with Gasteiger partial charge in [-0.15, -0.1) is 0 Å². The zero-order valence-electron chi connectivity index (χ0n) is 14.0. The lowest BCUT2D eigenvalue weighted by Gasteiger charge is -2.24. The highest BCUT2D eigenvalue weighted by molar-refractivity contribution is 7.89. The highest BCUT2D eigenvalue weighted by Crippen LogP contribution is 2.40. The normalized spacial score (nSPS) is 18.5. The van der Waals surface area contributed by atoms with Crippen molar-refractivity contribution in [1.82, 2.24) is 19.7 Å². The maximum Gasteiger partial charge on any atom is 0.245 e. The van der Waals surface area contributed by atoms with Crippen LogP contribution in [0.15, 0.2) is 45.9 Å². The van der Waals surface area contributed by atoms with Crippen LogP contribution in [0.2, 0.25) is 5.02 Å². The van der Waals surface area contributed by atoms with Crippen molar-refractivity contribution in [1.29, 1.82) is 0 Å². The molecule has 9 heteroatoms. The van der Waals surface area contributed by atoms with Gasteiger partial charge in [0.25, 0.3) is 0 Å². The predicted octanol–water partition coefficient (Wildman–Crippen LogP) is 3.55. The van der Waals surface area contributed by atoms with Gasteiger partial charge in [0.1, 0.15) is 4.90 Å². The third-order valence-electron chi connectivity index (χ3n) is 4.52. The summed E-state index contributed by atoms with van der Waals surface area (Å²) in [7, 11) is -3.73. The molecule has 26 heavy (non-hydrogen) atoms. The Morgan fingerprint density at radius 3 is 2.88 bits per heavy atom. The second-order valence-electron chi connectivity index (χ2n) is 6.23. The molecular formula is C17H17ClN4O3S. The minimum atomic E-state index is -3.73. The molecule has 4 rings (SSSR count). The third-order valence-corrected chi connectivity index (χ3v) is 6.93. The maximum absolute atomic E-state index is 13.2. The molecule has 1 aliphatic heterocycles. The maximum atomic E-state index is 13.2. The molecule has 0 saturated carbocycles. The van der Waals surface area contributed by atoms with Crippen molar-refractivity contribution < 1.29 is 12.9 Å². The largest absolute Gasteiger partial charge is 0.356 e. The molecule has 0 aliphatic carbocycles. The van der Waals surface area contributed by atoms with Gasteiger partial charge in [0.15, 0.2) is 5.76 Å². The van der Waals surface area contributed by atoms with Gasteiger partial charge in [-0.05, 0) is 31.9 Å². The number of hydrogen-bond donors (Lipinski definition) is 1. The summed E-state index contributed by atoms with van der Waals surface area (Å²) in [4.78, 5) is 0.116. The summed E-state index contributed by atoms with van der Waals surface area (Å²) >= 11 is 6.14. The number of aryl methyl sites for hydroxylation is 1. The van der Waals surface area contributed by atoms with E-state index in [-0.39, 0.29) is 16.0 Å². The van der Waals surface area contributed by atoms with Gasteiger partial charge in [0, 0.05) is 12.6 Å². The van der Waals surface area contributed by atoms with Gasteiger partial charge in [-0.25, -0.2) is 8.42 Å². The molecule has 0 bridgehead atoms. The number of aromatic nitrogens is 3. The van der Waals surface area contributed by atoms with Gasteiger partial charge < -0.3 is 4.52 Å². The first-order valence-electron chi connectivity index (χ1n) is 8.22. The summed E-state index contributed by atoms with van der Waals surface area (Å²) in [5, 5.41) is 11.2. The molecular weight excluding hydrogens is 376 g/mol. The fourth-order valence-electron chi connectivity index (χ4n) is 3.33. The number of sulfonamides is 1. The number of nitrogens with one attached hydrogen (secondary N) is 1. The summed E-state index contributed by atoms with van der Waals surface area (Å²) < 4.78 is 33.2. The van der Waals surface area contributed by atoms with E-state index in [2.05, 4.69) is 15.4 Å². The average Bonchev–Trinajstić information content (AvgIpc) is 3.34. The van der Waals surface area contributed by atoms with Gasteiger partial charge in [0.05, 0.1) is 34.2 Å². The first kappa shape index (κ1) is 17.3. The first-order chi connectivity index (χ1) is 12.5. The van der Waals surface area contributed by atoms with E-state index in [1.165, 1.54) is 10.4 Å². The van der Waals surface area contributed by atoms with Crippen molar-refractivity contribution in [3.05, 3.63) is 52.9 Å². The van der Waals surface area contributed by atoms with Crippen LogP contribution >= 0.6 is 11.6 Å². The van der Waals surface area contributed by atoms with Crippen LogP contribution in [-0.4, -0.2) is 34.6 Å². The number of aromatic amines is 1. The lowest BCUT2D eigenvalue weighted by molar-refractivity contribution is 0.388. The highest BCUT2D eigenvalue weighted by Gasteiger charge is 2.39. The summed E-state index contributed by atoms with van der Waals surface area (Å²) in [5.41, 5.74) is 2.17. The molecule has 1 aliphatic rings. The van der Waals surface area contributed by atoms with Crippen LogP contribution in [0.1, 0.15) is 30.3 Å². The molecule has 1 atom stereocenters. The molecule has 1 aromatic carbocycles. The second-order valence-corrected chi connectivity index (χ2v) is 8.50. The molecule has 0 radical (unpaired) electrons. The summed E-state index contributed by atoms with van der Waals surface area (Å²) in [6.45, 7) is 2.25. The van der Waals surface area contributed by atoms with E-state index in [0.29, 0.717) is 24.4 Å². The molecule has 1 unspecified atom stereocenters. The number of benzene rings is 1. The van der Waals surface area contributed by atoms with E-state index >= 15 is 0 Å². The monoisotopic (exact) mass is 392 g/mol. The van der Waals surface area contributed by atoms with Gasteiger partial charge in [-0.2, -0.15) is 9.40 Å². The van der Waals surface area contributed by atoms with Crippen molar-refractivity contribution in [2.45, 2.75) is 30.7 Å². The minimum Gasteiger partial charge on any atom is -0.356 e. The number of hydrogen-bond acceptors (Lipinski definition) is 5. The molecule has 1 saturated heterocycles. The molecule has 1 N–H and O–H groups in total. The third kappa shape index (κ3) is 2.84. The Morgan fingerprint density at radius 1 is 1.35 bits per heavy atom. The SMILES string of the molecule is Cc1cc(-c2cn[nH]c2C2CCCN2S(=O)(=O)c2ccccc2Cl)on1. The highest BCUT2D eigenvalue weighted by atomic mass is 35.5. The Kier molecular flexibility index (Phi) is 4.34. The van der Waals surface area contributed by atoms with Crippen LogP contribution in [-0.2, 0) is 10.0 Å². The van der Waals surface area contributed by atoms with E-state index in [4.69, 9.17) is 16.1 Å². The quantitative estimate of drug-likeness (QED) is 0.732. The molecule has 136 valence electrons. The van der Waals surface area contributed by atoms with E-state index in [1.807, 2.05) is 6.92 Å². The zero-order valence-corrected chi connectivity index (χ0v) is 15.6. The van der Waals surface area contributed by atoms with Gasteiger partial charge in [0.2, 0.25) is 10.0 Å². The first-order valence-corrected chi connectivity index (χ1v) is 10.0. The van der Waals surface area contributed by atoms with Crippen LogP contribution in [0.25, 0.3) is 11.3 Å². The fourth-order valence-corrected chi connectivity index (χ4v) is 5.49. The summed E-state index contributed by atoms with van der Waals surface area (Å²) in [6.07, 6.45) is 3.07. The Labute approximate surface area is 156 Å². The van der Waals surface area contributed by atoms with Crippen LogP contribution in [0.3, 0.4) is 0 Å².